The van der Waals surface area contributed by atoms with Gasteiger partial charge in [0.2, 0.25) is 5.91 Å². The maximum absolute atomic E-state index is 11.4. The van der Waals surface area contributed by atoms with Crippen LogP contribution in [0.3, 0.4) is 0 Å². The van der Waals surface area contributed by atoms with Gasteiger partial charge in [0.15, 0.2) is 0 Å². The van der Waals surface area contributed by atoms with Crippen LogP contribution in [0.5, 0.6) is 0 Å². The number of carbonyl (C=O) groups excluding carboxylic acids is 1. The zero-order valence-electron chi connectivity index (χ0n) is 10.00. The Kier molecular flexibility index (Phi) is 9.52. The first kappa shape index (κ1) is 14.4. The molecule has 0 aromatic heterocycles. The van der Waals surface area contributed by atoms with Gasteiger partial charge in [-0.1, -0.05) is 19.8 Å². The Morgan fingerprint density at radius 2 is 2.07 bits per heavy atom. The zero-order chi connectivity index (χ0) is 11.5. The largest absolute Gasteiger partial charge is 0.372 e. The third-order valence-corrected chi connectivity index (χ3v) is 2.24. The molecule has 0 atom stereocenters. The van der Waals surface area contributed by atoms with Gasteiger partial charge in [0.1, 0.15) is 6.61 Å². The molecule has 0 aromatic rings. The summed E-state index contributed by atoms with van der Waals surface area (Å²) in [4.78, 5) is 13.1. The summed E-state index contributed by atoms with van der Waals surface area (Å²) in [7, 11) is 1.79. The number of amides is 1. The third kappa shape index (κ3) is 8.39. The van der Waals surface area contributed by atoms with Crippen LogP contribution in [0.1, 0.15) is 32.6 Å². The second kappa shape index (κ2) is 9.93. The van der Waals surface area contributed by atoms with Crippen molar-refractivity contribution < 1.29 is 9.53 Å². The molecule has 2 N–H and O–H groups in total. The van der Waals surface area contributed by atoms with E-state index in [-0.39, 0.29) is 12.5 Å². The Balaban J connectivity index is 3.38. The maximum atomic E-state index is 11.4. The highest BCUT2D eigenvalue weighted by Crippen LogP contribution is 1.95. The number of unbranched alkanes of at least 4 members (excludes halogenated alkanes) is 2. The van der Waals surface area contributed by atoms with Crippen LogP contribution in [-0.4, -0.2) is 44.2 Å². The molecule has 0 unspecified atom stereocenters. The summed E-state index contributed by atoms with van der Waals surface area (Å²) in [5.74, 6) is 0.0416. The molecular weight excluding hydrogens is 192 g/mol. The minimum Gasteiger partial charge on any atom is -0.372 e. The van der Waals surface area contributed by atoms with E-state index in [4.69, 9.17) is 10.5 Å². The molecule has 0 saturated heterocycles. The van der Waals surface area contributed by atoms with Crippen molar-refractivity contribution in [3.63, 3.8) is 0 Å². The Morgan fingerprint density at radius 3 is 2.67 bits per heavy atom. The number of nitrogens with two attached hydrogens (primary N) is 1. The quantitative estimate of drug-likeness (QED) is 0.585. The van der Waals surface area contributed by atoms with Crippen molar-refractivity contribution >= 4 is 5.91 Å². The lowest BCUT2D eigenvalue weighted by Crippen LogP contribution is -2.32. The van der Waals surface area contributed by atoms with Crippen molar-refractivity contribution in [2.24, 2.45) is 5.73 Å². The average Bonchev–Trinajstić information content (AvgIpc) is 2.25. The lowest BCUT2D eigenvalue weighted by atomic mass is 10.3. The summed E-state index contributed by atoms with van der Waals surface area (Å²) >= 11 is 0. The highest BCUT2D eigenvalue weighted by molar-refractivity contribution is 5.77. The molecule has 0 aliphatic heterocycles. The molecule has 0 aromatic carbocycles. The molecule has 0 spiro atoms. The Bertz CT molecular complexity index is 163. The van der Waals surface area contributed by atoms with Gasteiger partial charge >= 0.3 is 0 Å². The SMILES string of the molecule is CCCCCOCC(=O)N(C)CCCN. The molecule has 90 valence electrons. The van der Waals surface area contributed by atoms with E-state index in [9.17, 15) is 4.79 Å². The Morgan fingerprint density at radius 1 is 1.33 bits per heavy atom. The highest BCUT2D eigenvalue weighted by Gasteiger charge is 2.07. The second-order valence-corrected chi connectivity index (χ2v) is 3.72. The van der Waals surface area contributed by atoms with Crippen molar-refractivity contribution in [1.82, 2.24) is 4.90 Å². The summed E-state index contributed by atoms with van der Waals surface area (Å²) < 4.78 is 5.28. The number of carbonyl (C=O) groups is 1. The van der Waals surface area contributed by atoms with Crippen molar-refractivity contribution in [2.45, 2.75) is 32.6 Å². The van der Waals surface area contributed by atoms with E-state index in [2.05, 4.69) is 6.92 Å². The fourth-order valence-electron chi connectivity index (χ4n) is 1.18. The fourth-order valence-corrected chi connectivity index (χ4v) is 1.18. The molecule has 0 rings (SSSR count). The predicted molar refractivity (Wildman–Crippen MR) is 61.7 cm³/mol. The molecule has 4 nitrogen and oxygen atoms in total. The van der Waals surface area contributed by atoms with Crippen molar-refractivity contribution in [1.29, 1.82) is 0 Å². The van der Waals surface area contributed by atoms with Crippen LogP contribution < -0.4 is 5.73 Å². The summed E-state index contributed by atoms with van der Waals surface area (Å²) in [6.45, 7) is 4.36. The Hall–Kier alpha value is -0.610. The van der Waals surface area contributed by atoms with Gasteiger partial charge in [0, 0.05) is 20.2 Å². The molecule has 4 heteroatoms. The first-order valence-corrected chi connectivity index (χ1v) is 5.74. The molecule has 0 aliphatic rings. The molecule has 1 amide bonds. The van der Waals surface area contributed by atoms with E-state index < -0.39 is 0 Å². The van der Waals surface area contributed by atoms with Crippen molar-refractivity contribution in [2.75, 3.05) is 33.4 Å². The summed E-state index contributed by atoms with van der Waals surface area (Å²) in [5.41, 5.74) is 5.36. The number of rotatable bonds is 9. The van der Waals surface area contributed by atoms with E-state index >= 15 is 0 Å². The topological polar surface area (TPSA) is 55.6 Å². The molecule has 0 radical (unpaired) electrons. The van der Waals surface area contributed by atoms with Gasteiger partial charge < -0.3 is 15.4 Å². The molecular formula is C11H24N2O2. The molecule has 0 fully saturated rings. The van der Waals surface area contributed by atoms with Gasteiger partial charge in [-0.3, -0.25) is 4.79 Å². The molecule has 0 aliphatic carbocycles. The van der Waals surface area contributed by atoms with Crippen molar-refractivity contribution in [3.05, 3.63) is 0 Å². The number of hydrogen-bond donors (Lipinski definition) is 1. The average molecular weight is 216 g/mol. The van der Waals surface area contributed by atoms with Crippen LogP contribution in [0.25, 0.3) is 0 Å². The van der Waals surface area contributed by atoms with E-state index in [0.29, 0.717) is 19.7 Å². The fraction of sp³-hybridized carbons (Fsp3) is 0.909. The van der Waals surface area contributed by atoms with Gasteiger partial charge in [-0.15, -0.1) is 0 Å². The second-order valence-electron chi connectivity index (χ2n) is 3.72. The lowest BCUT2D eigenvalue weighted by molar-refractivity contribution is -0.134. The number of nitrogens with zero attached hydrogens (tertiary/aromatic N) is 1. The number of likely N-dealkylation sites (N-methyl/N-ethyl adjacent to an activating group) is 1. The van der Waals surface area contributed by atoms with Gasteiger partial charge in [-0.25, -0.2) is 0 Å². The zero-order valence-corrected chi connectivity index (χ0v) is 10.00. The standard InChI is InChI=1S/C11H24N2O2/c1-3-4-5-9-15-10-11(14)13(2)8-6-7-12/h3-10,12H2,1-2H3. The minimum absolute atomic E-state index is 0.0416. The summed E-state index contributed by atoms with van der Waals surface area (Å²) in [5, 5.41) is 0. The predicted octanol–water partition coefficient (Wildman–Crippen LogP) is 1.00. The Labute approximate surface area is 92.8 Å². The normalized spacial score (nSPS) is 10.3. The van der Waals surface area contributed by atoms with E-state index in [1.807, 2.05) is 0 Å². The number of hydrogen-bond acceptors (Lipinski definition) is 3. The minimum atomic E-state index is 0.0416. The smallest absolute Gasteiger partial charge is 0.248 e. The third-order valence-electron chi connectivity index (χ3n) is 2.24. The molecule has 0 saturated carbocycles. The summed E-state index contributed by atoms with van der Waals surface area (Å²) in [6, 6.07) is 0. The monoisotopic (exact) mass is 216 g/mol. The van der Waals surface area contributed by atoms with Gasteiger partial charge in [-0.05, 0) is 19.4 Å². The molecule has 15 heavy (non-hydrogen) atoms. The first-order chi connectivity index (χ1) is 7.22. The van der Waals surface area contributed by atoms with Crippen molar-refractivity contribution in [3.8, 4) is 0 Å². The van der Waals surface area contributed by atoms with Gasteiger partial charge in [0.05, 0.1) is 0 Å². The van der Waals surface area contributed by atoms with E-state index in [1.54, 1.807) is 11.9 Å². The first-order valence-electron chi connectivity index (χ1n) is 5.74. The lowest BCUT2D eigenvalue weighted by Gasteiger charge is -2.16. The molecule has 0 heterocycles. The highest BCUT2D eigenvalue weighted by atomic mass is 16.5. The van der Waals surface area contributed by atoms with Gasteiger partial charge in [0.25, 0.3) is 0 Å². The maximum Gasteiger partial charge on any atom is 0.248 e. The molecule has 0 bridgehead atoms. The van der Waals surface area contributed by atoms with Crippen LogP contribution in [0.4, 0.5) is 0 Å². The number of ether oxygens (including phenoxy) is 1. The van der Waals surface area contributed by atoms with Crippen LogP contribution in [0.2, 0.25) is 0 Å². The van der Waals surface area contributed by atoms with Gasteiger partial charge in [-0.2, -0.15) is 0 Å². The van der Waals surface area contributed by atoms with Crippen LogP contribution in [-0.2, 0) is 9.53 Å². The van der Waals surface area contributed by atoms with Crippen LogP contribution >= 0.6 is 0 Å². The van der Waals surface area contributed by atoms with E-state index in [0.717, 1.165) is 19.3 Å². The van der Waals surface area contributed by atoms with E-state index in [1.165, 1.54) is 6.42 Å². The van der Waals surface area contributed by atoms with Crippen LogP contribution in [0.15, 0.2) is 0 Å². The van der Waals surface area contributed by atoms with Crippen LogP contribution in [0, 0.1) is 0 Å². The summed E-state index contributed by atoms with van der Waals surface area (Å²) in [6.07, 6.45) is 4.22.